The largest absolute Gasteiger partial charge is 0.305 e. The molecule has 0 saturated carbocycles. The van der Waals surface area contributed by atoms with Gasteiger partial charge in [-0.15, -0.1) is 0 Å². The van der Waals surface area contributed by atoms with Gasteiger partial charge >= 0.3 is 0 Å². The van der Waals surface area contributed by atoms with Crippen LogP contribution in [0.25, 0.3) is 0 Å². The van der Waals surface area contributed by atoms with Crippen LogP contribution >= 0.6 is 11.6 Å². The fourth-order valence-corrected chi connectivity index (χ4v) is 1.58. The zero-order valence-electron chi connectivity index (χ0n) is 9.68. The molecule has 0 unspecified atom stereocenters. The minimum absolute atomic E-state index is 0.101. The van der Waals surface area contributed by atoms with Crippen LogP contribution in [0.4, 0.5) is 5.82 Å². The van der Waals surface area contributed by atoms with E-state index in [1.165, 1.54) is 18.3 Å². The van der Waals surface area contributed by atoms with E-state index in [2.05, 4.69) is 15.4 Å². The Morgan fingerprint density at radius 1 is 1.44 bits per heavy atom. The summed E-state index contributed by atoms with van der Waals surface area (Å²) in [6.07, 6.45) is 2.06. The summed E-state index contributed by atoms with van der Waals surface area (Å²) in [5.74, 6) is -0.0630. The smallest absolute Gasteiger partial charge is 0.273 e. The maximum Gasteiger partial charge on any atom is 0.273 e. The number of halogens is 1. The second-order valence-corrected chi connectivity index (χ2v) is 4.22. The van der Waals surface area contributed by atoms with Gasteiger partial charge in [0.15, 0.2) is 0 Å². The summed E-state index contributed by atoms with van der Waals surface area (Å²) in [5, 5.41) is 8.18. The van der Waals surface area contributed by atoms with Crippen LogP contribution in [-0.2, 0) is 9.59 Å². The molecule has 2 rings (SSSR count). The molecule has 1 N–H and O–H groups in total. The van der Waals surface area contributed by atoms with Gasteiger partial charge in [0.05, 0.1) is 5.02 Å². The third-order valence-electron chi connectivity index (χ3n) is 2.44. The van der Waals surface area contributed by atoms with Gasteiger partial charge in [-0.2, -0.15) is 5.10 Å². The first-order chi connectivity index (χ1) is 8.56. The second kappa shape index (κ2) is 5.14. The van der Waals surface area contributed by atoms with Crippen LogP contribution in [0.3, 0.4) is 0 Å². The Morgan fingerprint density at radius 3 is 2.83 bits per heavy atom. The molecule has 0 fully saturated rings. The van der Waals surface area contributed by atoms with E-state index in [-0.39, 0.29) is 18.2 Å². The lowest BCUT2D eigenvalue weighted by atomic mass is 10.1. The summed E-state index contributed by atoms with van der Waals surface area (Å²) < 4.78 is 0. The minimum Gasteiger partial charge on any atom is -0.305 e. The predicted octanol–water partition coefficient (Wildman–Crippen LogP) is 1.28. The standard InChI is InChI=1S/C11H11ClN4O2/c1-16-10(17)5-3-8(15-16)11(18)14-9-4-2-7(12)6-13-9/h2,4,6H,3,5H2,1H3,(H,13,14,18). The van der Waals surface area contributed by atoms with Gasteiger partial charge in [-0.1, -0.05) is 11.6 Å². The number of pyridine rings is 1. The van der Waals surface area contributed by atoms with Crippen LogP contribution in [0.2, 0.25) is 5.02 Å². The van der Waals surface area contributed by atoms with Gasteiger partial charge in [-0.3, -0.25) is 9.59 Å². The van der Waals surface area contributed by atoms with Gasteiger partial charge in [-0.25, -0.2) is 9.99 Å². The Morgan fingerprint density at radius 2 is 2.22 bits per heavy atom. The van der Waals surface area contributed by atoms with Gasteiger partial charge in [0, 0.05) is 26.1 Å². The number of aromatic nitrogens is 1. The van der Waals surface area contributed by atoms with Crippen molar-refractivity contribution < 1.29 is 9.59 Å². The van der Waals surface area contributed by atoms with Crippen molar-refractivity contribution in [1.82, 2.24) is 9.99 Å². The molecule has 1 aromatic rings. The van der Waals surface area contributed by atoms with E-state index in [4.69, 9.17) is 11.6 Å². The Kier molecular flexibility index (Phi) is 3.57. The van der Waals surface area contributed by atoms with Crippen molar-refractivity contribution in [3.05, 3.63) is 23.4 Å². The van der Waals surface area contributed by atoms with Crippen LogP contribution in [0.5, 0.6) is 0 Å². The Bertz CT molecular complexity index is 512. The highest BCUT2D eigenvalue weighted by Crippen LogP contribution is 2.11. The quantitative estimate of drug-likeness (QED) is 0.876. The average Bonchev–Trinajstić information content (AvgIpc) is 2.35. The lowest BCUT2D eigenvalue weighted by molar-refractivity contribution is -0.130. The van der Waals surface area contributed by atoms with E-state index in [0.29, 0.717) is 23.0 Å². The van der Waals surface area contributed by atoms with Gasteiger partial charge in [0.1, 0.15) is 11.5 Å². The zero-order chi connectivity index (χ0) is 13.1. The van der Waals surface area contributed by atoms with Crippen molar-refractivity contribution in [2.75, 3.05) is 12.4 Å². The number of amides is 2. The molecule has 0 aliphatic carbocycles. The highest BCUT2D eigenvalue weighted by Gasteiger charge is 2.22. The molecular weight excluding hydrogens is 256 g/mol. The topological polar surface area (TPSA) is 74.7 Å². The Balaban J connectivity index is 2.06. The molecule has 2 heterocycles. The molecule has 6 nitrogen and oxygen atoms in total. The molecule has 0 spiro atoms. The van der Waals surface area contributed by atoms with E-state index in [1.54, 1.807) is 12.1 Å². The third-order valence-corrected chi connectivity index (χ3v) is 2.66. The highest BCUT2D eigenvalue weighted by atomic mass is 35.5. The minimum atomic E-state index is -0.357. The summed E-state index contributed by atoms with van der Waals surface area (Å²) in [7, 11) is 1.52. The molecular formula is C11H11ClN4O2. The van der Waals surface area contributed by atoms with E-state index < -0.39 is 0 Å². The maximum atomic E-state index is 11.9. The van der Waals surface area contributed by atoms with E-state index in [0.717, 1.165) is 0 Å². The molecule has 0 aromatic carbocycles. The van der Waals surface area contributed by atoms with Gasteiger partial charge in [-0.05, 0) is 12.1 Å². The number of hydrazone groups is 1. The molecule has 0 saturated heterocycles. The van der Waals surface area contributed by atoms with Crippen LogP contribution in [-0.4, -0.2) is 34.6 Å². The van der Waals surface area contributed by atoms with Crippen molar-refractivity contribution in [2.24, 2.45) is 5.10 Å². The van der Waals surface area contributed by atoms with Crippen molar-refractivity contribution in [3.63, 3.8) is 0 Å². The summed E-state index contributed by atoms with van der Waals surface area (Å²) >= 11 is 5.69. The van der Waals surface area contributed by atoms with Crippen LogP contribution in [0.15, 0.2) is 23.4 Å². The van der Waals surface area contributed by atoms with E-state index in [1.807, 2.05) is 0 Å². The summed E-state index contributed by atoms with van der Waals surface area (Å²) in [6.45, 7) is 0. The van der Waals surface area contributed by atoms with Crippen molar-refractivity contribution in [1.29, 1.82) is 0 Å². The Labute approximate surface area is 109 Å². The summed E-state index contributed by atoms with van der Waals surface area (Å²) in [4.78, 5) is 27.0. The number of hydrogen-bond donors (Lipinski definition) is 1. The van der Waals surface area contributed by atoms with Gasteiger partial charge in [0.25, 0.3) is 5.91 Å². The second-order valence-electron chi connectivity index (χ2n) is 3.78. The SMILES string of the molecule is CN1N=C(C(=O)Nc2ccc(Cl)cn2)CCC1=O. The van der Waals surface area contributed by atoms with Crippen LogP contribution in [0.1, 0.15) is 12.8 Å². The monoisotopic (exact) mass is 266 g/mol. The molecule has 1 aliphatic heterocycles. The number of nitrogens with zero attached hydrogens (tertiary/aromatic N) is 3. The highest BCUT2D eigenvalue weighted by molar-refractivity contribution is 6.43. The van der Waals surface area contributed by atoms with Crippen LogP contribution in [0, 0.1) is 0 Å². The van der Waals surface area contributed by atoms with Crippen LogP contribution < -0.4 is 5.32 Å². The molecule has 0 atom stereocenters. The first kappa shape index (κ1) is 12.5. The Hall–Kier alpha value is -1.95. The van der Waals surface area contributed by atoms with E-state index in [9.17, 15) is 9.59 Å². The molecule has 94 valence electrons. The predicted molar refractivity (Wildman–Crippen MR) is 67.3 cm³/mol. The number of rotatable bonds is 2. The third kappa shape index (κ3) is 2.84. The number of carbonyl (C=O) groups is 2. The summed E-state index contributed by atoms with van der Waals surface area (Å²) in [5.41, 5.74) is 0.314. The molecule has 18 heavy (non-hydrogen) atoms. The lowest BCUT2D eigenvalue weighted by Gasteiger charge is -2.18. The maximum absolute atomic E-state index is 11.9. The van der Waals surface area contributed by atoms with Crippen molar-refractivity contribution >= 4 is 34.9 Å². The first-order valence-corrected chi connectivity index (χ1v) is 5.71. The fourth-order valence-electron chi connectivity index (χ4n) is 1.47. The number of hydrogen-bond acceptors (Lipinski definition) is 4. The summed E-state index contributed by atoms with van der Waals surface area (Å²) in [6, 6.07) is 3.22. The fraction of sp³-hybridized carbons (Fsp3) is 0.273. The average molecular weight is 267 g/mol. The van der Waals surface area contributed by atoms with E-state index >= 15 is 0 Å². The normalized spacial score (nSPS) is 15.3. The zero-order valence-corrected chi connectivity index (χ0v) is 10.4. The number of carbonyl (C=O) groups excluding carboxylic acids is 2. The molecule has 7 heteroatoms. The molecule has 0 bridgehead atoms. The van der Waals surface area contributed by atoms with Gasteiger partial charge < -0.3 is 5.32 Å². The molecule has 1 aliphatic rings. The lowest BCUT2D eigenvalue weighted by Crippen LogP contribution is -2.34. The number of anilines is 1. The molecule has 1 aromatic heterocycles. The van der Waals surface area contributed by atoms with Crippen molar-refractivity contribution in [3.8, 4) is 0 Å². The van der Waals surface area contributed by atoms with Crippen molar-refractivity contribution in [2.45, 2.75) is 12.8 Å². The number of nitrogens with one attached hydrogen (secondary N) is 1. The molecule has 2 amide bonds. The molecule has 0 radical (unpaired) electrons. The van der Waals surface area contributed by atoms with Gasteiger partial charge in [0.2, 0.25) is 5.91 Å². The first-order valence-electron chi connectivity index (χ1n) is 5.33.